The van der Waals surface area contributed by atoms with Gasteiger partial charge in [-0.3, -0.25) is 0 Å². The molecule has 0 aromatic heterocycles. The summed E-state index contributed by atoms with van der Waals surface area (Å²) in [4.78, 5) is 0. The summed E-state index contributed by atoms with van der Waals surface area (Å²) in [6.45, 7) is 4.66. The Morgan fingerprint density at radius 1 is 1.21 bits per heavy atom. The third kappa shape index (κ3) is 3.61. The first-order valence-electron chi connectivity index (χ1n) is 6.45. The summed E-state index contributed by atoms with van der Waals surface area (Å²) in [5.74, 6) is 2.07. The van der Waals surface area contributed by atoms with E-state index in [1.54, 1.807) is 0 Å². The van der Waals surface area contributed by atoms with Crippen LogP contribution in [0.15, 0.2) is 0 Å². The van der Waals surface area contributed by atoms with Gasteiger partial charge in [0.15, 0.2) is 0 Å². The number of rotatable bonds is 5. The Hall–Kier alpha value is -0.0400. The maximum atomic E-state index is 3.34. The van der Waals surface area contributed by atoms with Crippen molar-refractivity contribution in [1.82, 2.24) is 5.32 Å². The topological polar surface area (TPSA) is 12.0 Å². The Kier molecular flexibility index (Phi) is 5.54. The Bertz CT molecular complexity index is 144. The lowest BCUT2D eigenvalue weighted by atomic mass is 9.75. The van der Waals surface area contributed by atoms with Gasteiger partial charge in [0.25, 0.3) is 0 Å². The van der Waals surface area contributed by atoms with Crippen LogP contribution in [0.1, 0.15) is 58.8 Å². The van der Waals surface area contributed by atoms with Crippen LogP contribution in [-0.2, 0) is 0 Å². The molecule has 1 rings (SSSR count). The SMILES string of the molecule is CCC1CCCCC1CCC(C)NC. The molecule has 14 heavy (non-hydrogen) atoms. The second-order valence-corrected chi connectivity index (χ2v) is 4.98. The van der Waals surface area contributed by atoms with E-state index in [1.807, 2.05) is 0 Å². The first-order chi connectivity index (χ1) is 6.77. The molecule has 1 heteroatoms. The predicted molar refractivity (Wildman–Crippen MR) is 63.5 cm³/mol. The van der Waals surface area contributed by atoms with E-state index in [0.717, 1.165) is 11.8 Å². The van der Waals surface area contributed by atoms with Gasteiger partial charge >= 0.3 is 0 Å². The minimum absolute atomic E-state index is 0.703. The van der Waals surface area contributed by atoms with Crippen LogP contribution in [0.5, 0.6) is 0 Å². The van der Waals surface area contributed by atoms with E-state index in [2.05, 4.69) is 26.2 Å². The standard InChI is InChI=1S/C13H27N/c1-4-12-7-5-6-8-13(12)10-9-11(2)14-3/h11-14H,4-10H2,1-3H3. The summed E-state index contributed by atoms with van der Waals surface area (Å²) in [5, 5.41) is 3.34. The fourth-order valence-corrected chi connectivity index (χ4v) is 2.81. The number of hydrogen-bond acceptors (Lipinski definition) is 1. The molecule has 84 valence electrons. The van der Waals surface area contributed by atoms with Crippen LogP contribution >= 0.6 is 0 Å². The number of nitrogens with one attached hydrogen (secondary N) is 1. The van der Waals surface area contributed by atoms with Crippen LogP contribution in [0, 0.1) is 11.8 Å². The molecule has 0 amide bonds. The second kappa shape index (κ2) is 6.44. The summed E-state index contributed by atoms with van der Waals surface area (Å²) in [5.41, 5.74) is 0. The molecule has 3 unspecified atom stereocenters. The maximum Gasteiger partial charge on any atom is 0.00358 e. The third-order valence-electron chi connectivity index (χ3n) is 4.05. The van der Waals surface area contributed by atoms with Gasteiger partial charge in [-0.05, 0) is 38.6 Å². The van der Waals surface area contributed by atoms with Crippen molar-refractivity contribution in [2.45, 2.75) is 64.8 Å². The highest BCUT2D eigenvalue weighted by molar-refractivity contribution is 4.75. The molecule has 1 nitrogen and oxygen atoms in total. The van der Waals surface area contributed by atoms with Crippen molar-refractivity contribution < 1.29 is 0 Å². The molecular weight excluding hydrogens is 170 g/mol. The van der Waals surface area contributed by atoms with Crippen LogP contribution in [0.4, 0.5) is 0 Å². The normalized spacial score (nSPS) is 30.2. The van der Waals surface area contributed by atoms with E-state index in [1.165, 1.54) is 44.9 Å². The quantitative estimate of drug-likeness (QED) is 0.710. The van der Waals surface area contributed by atoms with Gasteiger partial charge in [-0.15, -0.1) is 0 Å². The Balaban J connectivity index is 2.26. The molecule has 1 aliphatic carbocycles. The number of hydrogen-bond donors (Lipinski definition) is 1. The van der Waals surface area contributed by atoms with E-state index >= 15 is 0 Å². The highest BCUT2D eigenvalue weighted by atomic mass is 14.8. The minimum Gasteiger partial charge on any atom is -0.317 e. The second-order valence-electron chi connectivity index (χ2n) is 4.98. The van der Waals surface area contributed by atoms with E-state index < -0.39 is 0 Å². The Labute approximate surface area is 89.7 Å². The summed E-state index contributed by atoms with van der Waals surface area (Å²) in [6.07, 6.45) is 10.2. The van der Waals surface area contributed by atoms with E-state index in [-0.39, 0.29) is 0 Å². The summed E-state index contributed by atoms with van der Waals surface area (Å²) in [7, 11) is 2.07. The van der Waals surface area contributed by atoms with Crippen molar-refractivity contribution in [3.05, 3.63) is 0 Å². The molecular formula is C13H27N. The average molecular weight is 197 g/mol. The van der Waals surface area contributed by atoms with Crippen molar-refractivity contribution in [2.75, 3.05) is 7.05 Å². The van der Waals surface area contributed by atoms with Gasteiger partial charge < -0.3 is 5.32 Å². The van der Waals surface area contributed by atoms with E-state index in [4.69, 9.17) is 0 Å². The molecule has 1 saturated carbocycles. The fourth-order valence-electron chi connectivity index (χ4n) is 2.81. The molecule has 0 aromatic carbocycles. The van der Waals surface area contributed by atoms with Crippen molar-refractivity contribution in [3.8, 4) is 0 Å². The predicted octanol–water partition coefficient (Wildman–Crippen LogP) is 3.59. The largest absolute Gasteiger partial charge is 0.317 e. The van der Waals surface area contributed by atoms with Crippen molar-refractivity contribution in [2.24, 2.45) is 11.8 Å². The highest BCUT2D eigenvalue weighted by Gasteiger charge is 2.23. The zero-order valence-corrected chi connectivity index (χ0v) is 10.2. The molecule has 1 aliphatic rings. The van der Waals surface area contributed by atoms with Crippen molar-refractivity contribution in [1.29, 1.82) is 0 Å². The first kappa shape index (κ1) is 12.0. The molecule has 1 N–H and O–H groups in total. The van der Waals surface area contributed by atoms with Crippen molar-refractivity contribution in [3.63, 3.8) is 0 Å². The zero-order valence-electron chi connectivity index (χ0n) is 10.2. The summed E-state index contributed by atoms with van der Waals surface area (Å²) in [6, 6.07) is 0.703. The molecule has 3 atom stereocenters. The molecule has 0 radical (unpaired) electrons. The Morgan fingerprint density at radius 2 is 1.86 bits per heavy atom. The summed E-state index contributed by atoms with van der Waals surface area (Å²) < 4.78 is 0. The van der Waals surface area contributed by atoms with E-state index in [0.29, 0.717) is 6.04 Å². The van der Waals surface area contributed by atoms with Gasteiger partial charge in [0.05, 0.1) is 0 Å². The zero-order chi connectivity index (χ0) is 10.4. The molecule has 0 saturated heterocycles. The lowest BCUT2D eigenvalue weighted by Gasteiger charge is -2.31. The van der Waals surface area contributed by atoms with Gasteiger partial charge in [0.2, 0.25) is 0 Å². The smallest absolute Gasteiger partial charge is 0.00358 e. The minimum atomic E-state index is 0.703. The third-order valence-corrected chi connectivity index (χ3v) is 4.05. The maximum absolute atomic E-state index is 3.34. The lowest BCUT2D eigenvalue weighted by molar-refractivity contribution is 0.209. The van der Waals surface area contributed by atoms with Crippen LogP contribution in [-0.4, -0.2) is 13.1 Å². The molecule has 0 heterocycles. The molecule has 1 fully saturated rings. The van der Waals surface area contributed by atoms with Gasteiger partial charge in [0.1, 0.15) is 0 Å². The van der Waals surface area contributed by atoms with Crippen LogP contribution in [0.3, 0.4) is 0 Å². The molecule has 0 aliphatic heterocycles. The van der Waals surface area contributed by atoms with Gasteiger partial charge in [-0.2, -0.15) is 0 Å². The highest BCUT2D eigenvalue weighted by Crippen LogP contribution is 2.35. The van der Waals surface area contributed by atoms with Crippen LogP contribution < -0.4 is 5.32 Å². The summed E-state index contributed by atoms with van der Waals surface area (Å²) >= 11 is 0. The van der Waals surface area contributed by atoms with E-state index in [9.17, 15) is 0 Å². The van der Waals surface area contributed by atoms with Crippen LogP contribution in [0.25, 0.3) is 0 Å². The molecule has 0 aromatic rings. The molecule has 0 spiro atoms. The monoisotopic (exact) mass is 197 g/mol. The molecule has 0 bridgehead atoms. The first-order valence-corrected chi connectivity index (χ1v) is 6.45. The van der Waals surface area contributed by atoms with Gasteiger partial charge in [-0.25, -0.2) is 0 Å². The van der Waals surface area contributed by atoms with Crippen molar-refractivity contribution >= 4 is 0 Å². The van der Waals surface area contributed by atoms with Gasteiger partial charge in [-0.1, -0.05) is 39.0 Å². The average Bonchev–Trinajstić information content (AvgIpc) is 2.26. The van der Waals surface area contributed by atoms with Gasteiger partial charge in [0, 0.05) is 6.04 Å². The Morgan fingerprint density at radius 3 is 2.43 bits per heavy atom. The lowest BCUT2D eigenvalue weighted by Crippen LogP contribution is -2.25. The fraction of sp³-hybridized carbons (Fsp3) is 1.00. The van der Waals surface area contributed by atoms with Crippen LogP contribution in [0.2, 0.25) is 0 Å².